The molecule has 21 heavy (non-hydrogen) atoms. The maximum atomic E-state index is 12.4. The summed E-state index contributed by atoms with van der Waals surface area (Å²) in [4.78, 5) is 14.4. The molecule has 0 saturated carbocycles. The van der Waals surface area contributed by atoms with Gasteiger partial charge in [-0.3, -0.25) is 9.69 Å². The Morgan fingerprint density at radius 1 is 1.38 bits per heavy atom. The number of rotatable bonds is 7. The number of nitrogens with zero attached hydrogens (tertiary/aromatic N) is 2. The maximum absolute atomic E-state index is 12.4. The molecule has 1 unspecified atom stereocenters. The van der Waals surface area contributed by atoms with Gasteiger partial charge in [0, 0.05) is 19.5 Å². The standard InChI is InChI=1S/C16H24N4O/c1-12(2)11-20(10-6-9-17)13(3)16(21)19-15-8-5-4-7-14(15)18/h4-5,7-8,12-13H,6,10-11,18H2,1-3H3,(H,19,21). The van der Waals surface area contributed by atoms with Crippen molar-refractivity contribution < 1.29 is 4.79 Å². The number of para-hydroxylation sites is 2. The van der Waals surface area contributed by atoms with E-state index in [1.165, 1.54) is 0 Å². The van der Waals surface area contributed by atoms with Crippen LogP contribution in [-0.4, -0.2) is 29.9 Å². The molecule has 0 radical (unpaired) electrons. The Bertz CT molecular complexity index is 507. The maximum Gasteiger partial charge on any atom is 0.241 e. The minimum absolute atomic E-state index is 0.105. The average molecular weight is 288 g/mol. The molecule has 0 bridgehead atoms. The zero-order chi connectivity index (χ0) is 15.8. The summed E-state index contributed by atoms with van der Waals surface area (Å²) >= 11 is 0. The van der Waals surface area contributed by atoms with Gasteiger partial charge in [0.05, 0.1) is 23.5 Å². The third-order valence-corrected chi connectivity index (χ3v) is 3.26. The predicted octanol–water partition coefficient (Wildman–Crippen LogP) is 2.47. The number of nitrogen functional groups attached to an aromatic ring is 1. The zero-order valence-corrected chi connectivity index (χ0v) is 13.0. The molecule has 5 nitrogen and oxygen atoms in total. The van der Waals surface area contributed by atoms with Crippen LogP contribution in [0, 0.1) is 17.2 Å². The Kier molecular flexibility index (Phi) is 6.70. The Morgan fingerprint density at radius 2 is 2.05 bits per heavy atom. The summed E-state index contributed by atoms with van der Waals surface area (Å²) in [6.45, 7) is 7.42. The molecule has 0 heterocycles. The van der Waals surface area contributed by atoms with Crippen molar-refractivity contribution in [1.29, 1.82) is 5.26 Å². The number of nitriles is 1. The van der Waals surface area contributed by atoms with Crippen LogP contribution in [0.25, 0.3) is 0 Å². The normalized spacial score (nSPS) is 12.2. The van der Waals surface area contributed by atoms with E-state index in [0.29, 0.717) is 30.3 Å². The molecule has 1 aromatic rings. The van der Waals surface area contributed by atoms with Crippen LogP contribution in [-0.2, 0) is 4.79 Å². The minimum atomic E-state index is -0.305. The van der Waals surface area contributed by atoms with E-state index in [-0.39, 0.29) is 11.9 Å². The molecule has 3 N–H and O–H groups in total. The van der Waals surface area contributed by atoms with E-state index in [0.717, 1.165) is 6.54 Å². The van der Waals surface area contributed by atoms with Crippen molar-refractivity contribution in [2.75, 3.05) is 24.1 Å². The lowest BCUT2D eigenvalue weighted by Crippen LogP contribution is -2.44. The van der Waals surface area contributed by atoms with Gasteiger partial charge >= 0.3 is 0 Å². The summed E-state index contributed by atoms with van der Waals surface area (Å²) in [6.07, 6.45) is 0.414. The van der Waals surface area contributed by atoms with Gasteiger partial charge in [0.15, 0.2) is 0 Å². The number of anilines is 2. The van der Waals surface area contributed by atoms with E-state index in [1.54, 1.807) is 12.1 Å². The molecule has 0 aromatic heterocycles. The third-order valence-electron chi connectivity index (χ3n) is 3.26. The first kappa shape index (κ1) is 17.0. The van der Waals surface area contributed by atoms with E-state index in [4.69, 9.17) is 11.0 Å². The monoisotopic (exact) mass is 288 g/mol. The molecule has 1 aromatic carbocycles. The highest BCUT2D eigenvalue weighted by Gasteiger charge is 2.22. The number of carbonyl (C=O) groups excluding carboxylic acids is 1. The second kappa shape index (κ2) is 8.28. The second-order valence-corrected chi connectivity index (χ2v) is 5.55. The third kappa shape index (κ3) is 5.44. The number of hydrogen-bond donors (Lipinski definition) is 2. The molecule has 5 heteroatoms. The number of nitrogens with two attached hydrogens (primary N) is 1. The molecule has 0 aliphatic carbocycles. The number of nitrogens with one attached hydrogen (secondary N) is 1. The van der Waals surface area contributed by atoms with Gasteiger partial charge in [-0.1, -0.05) is 26.0 Å². The lowest BCUT2D eigenvalue weighted by atomic mass is 10.1. The van der Waals surface area contributed by atoms with Gasteiger partial charge in [-0.15, -0.1) is 0 Å². The molecule has 0 aliphatic heterocycles. The van der Waals surface area contributed by atoms with Crippen molar-refractivity contribution in [3.63, 3.8) is 0 Å². The molecule has 0 aliphatic rings. The number of benzene rings is 1. The van der Waals surface area contributed by atoms with E-state index < -0.39 is 0 Å². The Balaban J connectivity index is 2.73. The van der Waals surface area contributed by atoms with Gasteiger partial charge in [-0.2, -0.15) is 5.26 Å². The highest BCUT2D eigenvalue weighted by molar-refractivity contribution is 5.97. The lowest BCUT2D eigenvalue weighted by Gasteiger charge is -2.29. The zero-order valence-electron chi connectivity index (χ0n) is 13.0. The topological polar surface area (TPSA) is 82.2 Å². The van der Waals surface area contributed by atoms with Crippen molar-refractivity contribution in [1.82, 2.24) is 4.90 Å². The van der Waals surface area contributed by atoms with Crippen molar-refractivity contribution in [2.24, 2.45) is 5.92 Å². The van der Waals surface area contributed by atoms with Gasteiger partial charge in [0.2, 0.25) is 5.91 Å². The lowest BCUT2D eigenvalue weighted by molar-refractivity contribution is -0.120. The Labute approximate surface area is 126 Å². The van der Waals surface area contributed by atoms with Crippen LogP contribution < -0.4 is 11.1 Å². The summed E-state index contributed by atoms with van der Waals surface area (Å²) in [6, 6.07) is 9.01. The molecular weight excluding hydrogens is 264 g/mol. The highest BCUT2D eigenvalue weighted by atomic mass is 16.2. The first-order valence-corrected chi connectivity index (χ1v) is 7.22. The van der Waals surface area contributed by atoms with Crippen LogP contribution >= 0.6 is 0 Å². The van der Waals surface area contributed by atoms with Gasteiger partial charge < -0.3 is 11.1 Å². The first-order chi connectivity index (χ1) is 9.95. The van der Waals surface area contributed by atoms with Crippen LogP contribution in [0.5, 0.6) is 0 Å². The molecule has 114 valence electrons. The molecule has 1 amide bonds. The molecular formula is C16H24N4O. The fourth-order valence-electron chi connectivity index (χ4n) is 2.12. The van der Waals surface area contributed by atoms with Crippen molar-refractivity contribution >= 4 is 17.3 Å². The smallest absolute Gasteiger partial charge is 0.241 e. The van der Waals surface area contributed by atoms with Crippen LogP contribution in [0.4, 0.5) is 11.4 Å². The van der Waals surface area contributed by atoms with Crippen molar-refractivity contribution in [2.45, 2.75) is 33.2 Å². The predicted molar refractivity (Wildman–Crippen MR) is 85.6 cm³/mol. The minimum Gasteiger partial charge on any atom is -0.397 e. The summed E-state index contributed by atoms with van der Waals surface area (Å²) in [5, 5.41) is 11.6. The first-order valence-electron chi connectivity index (χ1n) is 7.22. The average Bonchev–Trinajstić information content (AvgIpc) is 2.44. The molecule has 0 spiro atoms. The quantitative estimate of drug-likeness (QED) is 0.755. The van der Waals surface area contributed by atoms with E-state index in [9.17, 15) is 4.79 Å². The van der Waals surface area contributed by atoms with E-state index >= 15 is 0 Å². The molecule has 0 saturated heterocycles. The van der Waals surface area contributed by atoms with Gasteiger partial charge in [-0.05, 0) is 25.0 Å². The Morgan fingerprint density at radius 3 is 2.62 bits per heavy atom. The fraction of sp³-hybridized carbons (Fsp3) is 0.500. The SMILES string of the molecule is CC(C)CN(CCC#N)C(C)C(=O)Nc1ccccc1N. The summed E-state index contributed by atoms with van der Waals surface area (Å²) in [7, 11) is 0. The van der Waals surface area contributed by atoms with Crippen molar-refractivity contribution in [3.8, 4) is 6.07 Å². The molecule has 1 atom stereocenters. The summed E-state index contributed by atoms with van der Waals surface area (Å²) in [5.74, 6) is 0.326. The number of amides is 1. The molecule has 0 fully saturated rings. The number of hydrogen-bond acceptors (Lipinski definition) is 4. The van der Waals surface area contributed by atoms with Crippen LogP contribution in [0.1, 0.15) is 27.2 Å². The fourth-order valence-corrected chi connectivity index (χ4v) is 2.12. The summed E-state index contributed by atoms with van der Waals surface area (Å²) in [5.41, 5.74) is 7.01. The van der Waals surface area contributed by atoms with E-state index in [1.807, 2.05) is 24.0 Å². The Hall–Kier alpha value is -2.06. The van der Waals surface area contributed by atoms with Gasteiger partial charge in [0.25, 0.3) is 0 Å². The van der Waals surface area contributed by atoms with Crippen LogP contribution in [0.2, 0.25) is 0 Å². The number of carbonyl (C=O) groups is 1. The van der Waals surface area contributed by atoms with E-state index in [2.05, 4.69) is 25.2 Å². The van der Waals surface area contributed by atoms with Gasteiger partial charge in [-0.25, -0.2) is 0 Å². The molecule has 1 rings (SSSR count). The largest absolute Gasteiger partial charge is 0.397 e. The van der Waals surface area contributed by atoms with Crippen LogP contribution in [0.15, 0.2) is 24.3 Å². The summed E-state index contributed by atoms with van der Waals surface area (Å²) < 4.78 is 0. The van der Waals surface area contributed by atoms with Crippen LogP contribution in [0.3, 0.4) is 0 Å². The van der Waals surface area contributed by atoms with Gasteiger partial charge in [0.1, 0.15) is 0 Å². The van der Waals surface area contributed by atoms with Crippen molar-refractivity contribution in [3.05, 3.63) is 24.3 Å². The second-order valence-electron chi connectivity index (χ2n) is 5.55. The highest BCUT2D eigenvalue weighted by Crippen LogP contribution is 2.17.